The summed E-state index contributed by atoms with van der Waals surface area (Å²) in [7, 11) is -4.68. The van der Waals surface area contributed by atoms with Crippen LogP contribution in [0.25, 0.3) is 0 Å². The van der Waals surface area contributed by atoms with Gasteiger partial charge in [-0.1, -0.05) is 18.2 Å². The van der Waals surface area contributed by atoms with Crippen molar-refractivity contribution in [3.8, 4) is 0 Å². The molecule has 1 atom stereocenters. The van der Waals surface area contributed by atoms with E-state index in [0.717, 1.165) is 19.1 Å². The van der Waals surface area contributed by atoms with Crippen molar-refractivity contribution in [1.82, 2.24) is 0 Å². The lowest BCUT2D eigenvalue weighted by Gasteiger charge is -2.12. The minimum absolute atomic E-state index is 0.228. The van der Waals surface area contributed by atoms with E-state index in [1.165, 1.54) is 6.07 Å². The minimum Gasteiger partial charge on any atom is -0.392 e. The Morgan fingerprint density at radius 3 is 2.47 bits per heavy atom. The molecule has 0 saturated carbocycles. The number of azo groups is 1. The summed E-state index contributed by atoms with van der Waals surface area (Å²) in [6.07, 6.45) is 0. The summed E-state index contributed by atoms with van der Waals surface area (Å²) in [4.78, 5) is 33.9. The standard InChI is InChI=1S/C17H16N4O8S/c1-10(23)16(17(24)18-13-5-3-2-4-11(13)9-22)20-19-14-8-12(30(27,28)29)6-7-15(14)21(25)26/h2-8,16,22H,9H2,1H3,(H,18,24)(H,27,28,29). The fraction of sp³-hybridized carbons (Fsp3) is 0.176. The molecule has 0 aliphatic rings. The molecule has 2 aromatic rings. The number of aliphatic hydroxyl groups is 1. The van der Waals surface area contributed by atoms with Crippen LogP contribution in [0.3, 0.4) is 0 Å². The molecule has 12 nitrogen and oxygen atoms in total. The maximum absolute atomic E-state index is 12.5. The van der Waals surface area contributed by atoms with Crippen molar-refractivity contribution < 1.29 is 32.6 Å². The molecule has 0 heterocycles. The Morgan fingerprint density at radius 1 is 1.23 bits per heavy atom. The van der Waals surface area contributed by atoms with Crippen LogP contribution in [-0.2, 0) is 26.3 Å². The van der Waals surface area contributed by atoms with E-state index in [1.54, 1.807) is 18.2 Å². The molecule has 2 aromatic carbocycles. The summed E-state index contributed by atoms with van der Waals surface area (Å²) in [6.45, 7) is 0.668. The number of nitro benzene ring substituents is 1. The SMILES string of the molecule is CC(=O)C(N=Nc1cc(S(=O)(=O)O)ccc1[N+](=O)[O-])C(=O)Nc1ccccc1CO. The number of hydrogen-bond donors (Lipinski definition) is 3. The van der Waals surface area contributed by atoms with Gasteiger partial charge in [0.05, 0.1) is 16.4 Å². The number of aliphatic hydroxyl groups excluding tert-OH is 1. The van der Waals surface area contributed by atoms with Gasteiger partial charge in [0.1, 0.15) is 0 Å². The number of amides is 1. The molecule has 2 rings (SSSR count). The average molecular weight is 436 g/mol. The van der Waals surface area contributed by atoms with Crippen LogP contribution in [0.5, 0.6) is 0 Å². The summed E-state index contributed by atoms with van der Waals surface area (Å²) in [5.41, 5.74) is -0.628. The third-order valence-corrected chi connectivity index (χ3v) is 4.65. The second-order valence-corrected chi connectivity index (χ2v) is 7.34. The Bertz CT molecular complexity index is 1130. The molecule has 3 N–H and O–H groups in total. The van der Waals surface area contributed by atoms with Crippen LogP contribution in [0.2, 0.25) is 0 Å². The average Bonchev–Trinajstić information content (AvgIpc) is 2.67. The highest BCUT2D eigenvalue weighted by Gasteiger charge is 2.25. The molecule has 1 amide bonds. The zero-order valence-corrected chi connectivity index (χ0v) is 16.2. The van der Waals surface area contributed by atoms with Crippen LogP contribution >= 0.6 is 0 Å². The van der Waals surface area contributed by atoms with Gasteiger partial charge in [0.25, 0.3) is 21.7 Å². The number of rotatable bonds is 8. The van der Waals surface area contributed by atoms with Crippen LogP contribution in [0, 0.1) is 10.1 Å². The molecule has 30 heavy (non-hydrogen) atoms. The highest BCUT2D eigenvalue weighted by atomic mass is 32.2. The van der Waals surface area contributed by atoms with E-state index in [-0.39, 0.29) is 12.3 Å². The topological polar surface area (TPSA) is 189 Å². The number of ketones is 1. The predicted molar refractivity (Wildman–Crippen MR) is 103 cm³/mol. The lowest BCUT2D eigenvalue weighted by molar-refractivity contribution is -0.384. The zero-order chi connectivity index (χ0) is 22.5. The van der Waals surface area contributed by atoms with Gasteiger partial charge in [-0.25, -0.2) is 0 Å². The van der Waals surface area contributed by atoms with Gasteiger partial charge >= 0.3 is 0 Å². The van der Waals surface area contributed by atoms with Crippen molar-refractivity contribution >= 4 is 38.9 Å². The van der Waals surface area contributed by atoms with Crippen molar-refractivity contribution in [3.05, 3.63) is 58.1 Å². The second kappa shape index (κ2) is 9.30. The van der Waals surface area contributed by atoms with E-state index in [1.807, 2.05) is 0 Å². The molecule has 0 bridgehead atoms. The van der Waals surface area contributed by atoms with Gasteiger partial charge in [-0.05, 0) is 25.1 Å². The lowest BCUT2D eigenvalue weighted by Crippen LogP contribution is -2.32. The van der Waals surface area contributed by atoms with Crippen LogP contribution in [0.15, 0.2) is 57.6 Å². The molecule has 0 saturated heterocycles. The van der Waals surface area contributed by atoms with Gasteiger partial charge in [-0.3, -0.25) is 24.3 Å². The molecule has 1 unspecified atom stereocenters. The van der Waals surface area contributed by atoms with E-state index < -0.39 is 49.0 Å². The van der Waals surface area contributed by atoms with Crippen molar-refractivity contribution in [2.45, 2.75) is 24.5 Å². The first-order chi connectivity index (χ1) is 14.0. The fourth-order valence-electron chi connectivity index (χ4n) is 2.32. The van der Waals surface area contributed by atoms with Crippen molar-refractivity contribution in [2.24, 2.45) is 10.2 Å². The van der Waals surface area contributed by atoms with Gasteiger partial charge < -0.3 is 10.4 Å². The highest BCUT2D eigenvalue weighted by molar-refractivity contribution is 7.85. The van der Waals surface area contributed by atoms with Crippen molar-refractivity contribution in [1.29, 1.82) is 0 Å². The fourth-order valence-corrected chi connectivity index (χ4v) is 2.82. The number of hydrogen-bond acceptors (Lipinski definition) is 9. The molecule has 0 radical (unpaired) electrons. The van der Waals surface area contributed by atoms with E-state index in [2.05, 4.69) is 15.5 Å². The smallest absolute Gasteiger partial charge is 0.296 e. The third-order valence-electron chi connectivity index (χ3n) is 3.80. The molecule has 158 valence electrons. The number of benzene rings is 2. The second-order valence-electron chi connectivity index (χ2n) is 5.92. The van der Waals surface area contributed by atoms with Gasteiger partial charge in [-0.15, -0.1) is 5.11 Å². The maximum Gasteiger partial charge on any atom is 0.296 e. The number of carbonyl (C=O) groups excluding carboxylic acids is 2. The molecular weight excluding hydrogens is 420 g/mol. The van der Waals surface area contributed by atoms with Crippen LogP contribution in [0.1, 0.15) is 12.5 Å². The third kappa shape index (κ3) is 5.50. The Kier molecular flexibility index (Phi) is 7.05. The molecular formula is C17H16N4O8S. The van der Waals surface area contributed by atoms with Gasteiger partial charge in [0.2, 0.25) is 6.04 Å². The van der Waals surface area contributed by atoms with Gasteiger partial charge in [0.15, 0.2) is 11.5 Å². The quantitative estimate of drug-likeness (QED) is 0.184. The predicted octanol–water partition coefficient (Wildman–Crippen LogP) is 2.01. The van der Waals surface area contributed by atoms with Gasteiger partial charge in [-0.2, -0.15) is 13.5 Å². The number of carbonyl (C=O) groups is 2. The Hall–Kier alpha value is -3.55. The van der Waals surface area contributed by atoms with Crippen LogP contribution < -0.4 is 5.32 Å². The zero-order valence-electron chi connectivity index (χ0n) is 15.4. The molecule has 0 aliphatic heterocycles. The summed E-state index contributed by atoms with van der Waals surface area (Å²) < 4.78 is 31.6. The van der Waals surface area contributed by atoms with Crippen molar-refractivity contribution in [3.63, 3.8) is 0 Å². The lowest BCUT2D eigenvalue weighted by atomic mass is 10.1. The highest BCUT2D eigenvalue weighted by Crippen LogP contribution is 2.30. The summed E-state index contributed by atoms with van der Waals surface area (Å²) >= 11 is 0. The van der Waals surface area contributed by atoms with Crippen molar-refractivity contribution in [2.75, 3.05) is 5.32 Å². The normalized spacial score (nSPS) is 12.5. The number of nitrogens with zero attached hydrogens (tertiary/aromatic N) is 3. The number of Topliss-reactive ketones (excluding diaryl/α,β-unsaturated/α-hetero) is 1. The first-order valence-electron chi connectivity index (χ1n) is 8.21. The van der Waals surface area contributed by atoms with Gasteiger partial charge in [0, 0.05) is 17.3 Å². The number of anilines is 1. The molecule has 13 heteroatoms. The van der Waals surface area contributed by atoms with E-state index in [9.17, 15) is 33.2 Å². The maximum atomic E-state index is 12.5. The summed E-state index contributed by atoms with van der Waals surface area (Å²) in [5.74, 6) is -1.66. The van der Waals surface area contributed by atoms with E-state index >= 15 is 0 Å². The molecule has 0 aliphatic carbocycles. The minimum atomic E-state index is -4.68. The Morgan fingerprint density at radius 2 is 1.90 bits per heavy atom. The van der Waals surface area contributed by atoms with E-state index in [0.29, 0.717) is 11.6 Å². The van der Waals surface area contributed by atoms with Crippen LogP contribution in [-0.4, -0.2) is 40.7 Å². The number of para-hydroxylation sites is 1. The van der Waals surface area contributed by atoms with E-state index in [4.69, 9.17) is 4.55 Å². The van der Waals surface area contributed by atoms with Crippen LogP contribution in [0.4, 0.5) is 17.1 Å². The molecule has 0 spiro atoms. The first-order valence-corrected chi connectivity index (χ1v) is 9.65. The molecule has 0 aromatic heterocycles. The first kappa shape index (κ1) is 22.7. The number of nitro groups is 1. The Balaban J connectivity index is 2.40. The molecule has 0 fully saturated rings. The summed E-state index contributed by atoms with van der Waals surface area (Å²) in [5, 5.41) is 29.9. The summed E-state index contributed by atoms with van der Waals surface area (Å²) in [6, 6.07) is 6.82. The Labute approximate surface area is 170 Å². The number of nitrogens with one attached hydrogen (secondary N) is 1. The largest absolute Gasteiger partial charge is 0.392 e. The monoisotopic (exact) mass is 436 g/mol.